The summed E-state index contributed by atoms with van der Waals surface area (Å²) in [6, 6.07) is 31.8. The average Bonchev–Trinajstić information content (AvgIpc) is 3.07. The van der Waals surface area contributed by atoms with Gasteiger partial charge in [0.05, 0.1) is 4.92 Å². The lowest BCUT2D eigenvalue weighted by Gasteiger charge is -2.20. The molecular weight excluding hydrogens is 398 g/mol. The van der Waals surface area contributed by atoms with Gasteiger partial charge < -0.3 is 0 Å². The minimum Gasteiger partial charge on any atom is -0.289 e. The second kappa shape index (κ2) is 8.60. The van der Waals surface area contributed by atoms with Gasteiger partial charge in [-0.3, -0.25) is 14.9 Å². The number of benzene rings is 4. The zero-order valence-corrected chi connectivity index (χ0v) is 18.0. The molecule has 1 aliphatic carbocycles. The number of hydrogen-bond donors (Lipinski definition) is 0. The van der Waals surface area contributed by atoms with E-state index in [1.165, 1.54) is 46.5 Å². The zero-order chi connectivity index (χ0) is 22.7. The van der Waals surface area contributed by atoms with Crippen LogP contribution >= 0.6 is 0 Å². The summed E-state index contributed by atoms with van der Waals surface area (Å²) in [4.78, 5) is 21.9. The first-order valence-corrected chi connectivity index (χ1v) is 10.4. The highest BCUT2D eigenvalue weighted by atomic mass is 16.6. The third kappa shape index (κ3) is 3.95. The molecule has 0 aliphatic heterocycles. The van der Waals surface area contributed by atoms with Crippen molar-refractivity contribution in [3.05, 3.63) is 135 Å². The summed E-state index contributed by atoms with van der Waals surface area (Å²) in [7, 11) is 0. The van der Waals surface area contributed by atoms with Crippen LogP contribution in [-0.2, 0) is 5.41 Å². The number of rotatable bonds is 3. The lowest BCUT2D eigenvalue weighted by molar-refractivity contribution is -0.384. The van der Waals surface area contributed by atoms with E-state index in [0.29, 0.717) is 11.1 Å². The number of carbonyl (C=O) groups excluding carboxylic acids is 1. The lowest BCUT2D eigenvalue weighted by atomic mass is 9.82. The Morgan fingerprint density at radius 3 is 1.59 bits per heavy atom. The van der Waals surface area contributed by atoms with Gasteiger partial charge in [-0.1, -0.05) is 92.7 Å². The van der Waals surface area contributed by atoms with Gasteiger partial charge >= 0.3 is 0 Å². The fraction of sp³-hybridized carbons (Fsp3) is 0.107. The number of ketones is 1. The van der Waals surface area contributed by atoms with Crippen molar-refractivity contribution in [2.45, 2.75) is 19.3 Å². The maximum atomic E-state index is 12.0. The minimum atomic E-state index is -0.489. The quantitative estimate of drug-likeness (QED) is 0.207. The summed E-state index contributed by atoms with van der Waals surface area (Å²) in [6.07, 6.45) is 0. The van der Waals surface area contributed by atoms with Crippen molar-refractivity contribution in [3.63, 3.8) is 0 Å². The largest absolute Gasteiger partial charge is 0.289 e. The third-order valence-electron chi connectivity index (χ3n) is 5.87. The summed E-state index contributed by atoms with van der Waals surface area (Å²) >= 11 is 0. The standard InChI is InChI=1S/C15H14.C13H9NO3/c1-15(2)13-9-5-3-7-11(13)12-8-4-6-10-14(12)15;15-13(10-4-2-1-3-5-10)11-6-8-12(9-7-11)14(16)17/h3-10H,1-2H3;1-9H. The van der Waals surface area contributed by atoms with Crippen LogP contribution in [0, 0.1) is 10.1 Å². The summed E-state index contributed by atoms with van der Waals surface area (Å²) in [5.41, 5.74) is 6.86. The van der Waals surface area contributed by atoms with Crippen LogP contribution in [-0.4, -0.2) is 10.7 Å². The Bertz CT molecular complexity index is 1230. The maximum absolute atomic E-state index is 12.0. The fourth-order valence-corrected chi connectivity index (χ4v) is 4.16. The number of fused-ring (bicyclic) bond motifs is 3. The van der Waals surface area contributed by atoms with E-state index in [9.17, 15) is 14.9 Å². The van der Waals surface area contributed by atoms with Gasteiger partial charge in [0.1, 0.15) is 0 Å². The second-order valence-electron chi connectivity index (χ2n) is 8.22. The number of nitro groups is 1. The van der Waals surface area contributed by atoms with E-state index < -0.39 is 4.92 Å². The predicted octanol–water partition coefficient (Wildman–Crippen LogP) is 6.82. The van der Waals surface area contributed by atoms with Crippen LogP contribution in [0.2, 0.25) is 0 Å². The van der Waals surface area contributed by atoms with Crippen LogP contribution in [0.1, 0.15) is 40.9 Å². The van der Waals surface area contributed by atoms with E-state index in [1.54, 1.807) is 24.3 Å². The lowest BCUT2D eigenvalue weighted by Crippen LogP contribution is -2.14. The first-order chi connectivity index (χ1) is 15.4. The van der Waals surface area contributed by atoms with Crippen LogP contribution < -0.4 is 0 Å². The van der Waals surface area contributed by atoms with Gasteiger partial charge in [0, 0.05) is 28.7 Å². The molecule has 0 atom stereocenters. The number of nitrogens with zero attached hydrogens (tertiary/aromatic N) is 1. The Morgan fingerprint density at radius 1 is 0.656 bits per heavy atom. The molecule has 0 saturated carbocycles. The van der Waals surface area contributed by atoms with E-state index in [2.05, 4.69) is 62.4 Å². The van der Waals surface area contributed by atoms with Crippen LogP contribution in [0.4, 0.5) is 5.69 Å². The van der Waals surface area contributed by atoms with E-state index in [0.717, 1.165) is 0 Å². The van der Waals surface area contributed by atoms with Crippen molar-refractivity contribution < 1.29 is 9.72 Å². The molecule has 0 amide bonds. The molecule has 0 aromatic heterocycles. The Hall–Kier alpha value is -4.05. The molecule has 0 N–H and O–H groups in total. The zero-order valence-electron chi connectivity index (χ0n) is 18.0. The second-order valence-corrected chi connectivity index (χ2v) is 8.22. The molecule has 0 heterocycles. The minimum absolute atomic E-state index is 0.0189. The molecule has 5 rings (SSSR count). The first kappa shape index (κ1) is 21.2. The van der Waals surface area contributed by atoms with Crippen molar-refractivity contribution >= 4 is 11.5 Å². The fourth-order valence-electron chi connectivity index (χ4n) is 4.16. The molecule has 0 fully saturated rings. The molecule has 0 unspecified atom stereocenters. The van der Waals surface area contributed by atoms with Crippen molar-refractivity contribution in [1.82, 2.24) is 0 Å². The highest BCUT2D eigenvalue weighted by Crippen LogP contribution is 2.47. The van der Waals surface area contributed by atoms with Crippen molar-refractivity contribution in [2.24, 2.45) is 0 Å². The van der Waals surface area contributed by atoms with Gasteiger partial charge in [-0.25, -0.2) is 0 Å². The summed E-state index contributed by atoms with van der Waals surface area (Å²) < 4.78 is 0. The van der Waals surface area contributed by atoms with Gasteiger partial charge in [0.2, 0.25) is 0 Å². The highest BCUT2D eigenvalue weighted by Gasteiger charge is 2.34. The van der Waals surface area contributed by atoms with Crippen molar-refractivity contribution in [1.29, 1.82) is 0 Å². The molecule has 0 bridgehead atoms. The van der Waals surface area contributed by atoms with Gasteiger partial charge in [-0.2, -0.15) is 0 Å². The van der Waals surface area contributed by atoms with E-state index in [1.807, 2.05) is 6.07 Å². The van der Waals surface area contributed by atoms with Crippen LogP contribution in [0.5, 0.6) is 0 Å². The Labute approximate surface area is 187 Å². The molecule has 32 heavy (non-hydrogen) atoms. The summed E-state index contributed by atoms with van der Waals surface area (Å²) in [5.74, 6) is -0.138. The van der Waals surface area contributed by atoms with E-state index in [-0.39, 0.29) is 16.9 Å². The number of carbonyl (C=O) groups is 1. The van der Waals surface area contributed by atoms with Gasteiger partial charge in [-0.15, -0.1) is 0 Å². The monoisotopic (exact) mass is 421 g/mol. The topological polar surface area (TPSA) is 60.2 Å². The molecule has 4 aromatic carbocycles. The Kier molecular flexibility index (Phi) is 5.69. The summed E-state index contributed by atoms with van der Waals surface area (Å²) in [5, 5.41) is 10.5. The normalized spacial score (nSPS) is 12.7. The third-order valence-corrected chi connectivity index (χ3v) is 5.87. The molecule has 0 saturated heterocycles. The van der Waals surface area contributed by atoms with E-state index >= 15 is 0 Å². The Morgan fingerprint density at radius 2 is 1.09 bits per heavy atom. The van der Waals surface area contributed by atoms with Gasteiger partial charge in [-0.05, 0) is 34.4 Å². The van der Waals surface area contributed by atoms with Gasteiger partial charge in [0.15, 0.2) is 5.78 Å². The highest BCUT2D eigenvalue weighted by molar-refractivity contribution is 6.09. The van der Waals surface area contributed by atoms with Crippen LogP contribution in [0.15, 0.2) is 103 Å². The molecular formula is C28H23NO3. The van der Waals surface area contributed by atoms with Crippen LogP contribution in [0.3, 0.4) is 0 Å². The predicted molar refractivity (Wildman–Crippen MR) is 127 cm³/mol. The molecule has 1 aliphatic rings. The van der Waals surface area contributed by atoms with Gasteiger partial charge in [0.25, 0.3) is 5.69 Å². The molecule has 4 nitrogen and oxygen atoms in total. The number of hydrogen-bond acceptors (Lipinski definition) is 3. The molecule has 4 heteroatoms. The molecule has 0 radical (unpaired) electrons. The SMILES string of the molecule is CC1(C)c2ccccc2-c2ccccc21.O=C(c1ccccc1)c1ccc([N+](=O)[O-])cc1. The smallest absolute Gasteiger partial charge is 0.269 e. The number of non-ortho nitro benzene ring substituents is 1. The number of nitro benzene ring substituents is 1. The molecule has 4 aromatic rings. The van der Waals surface area contributed by atoms with Crippen molar-refractivity contribution in [2.75, 3.05) is 0 Å². The van der Waals surface area contributed by atoms with Crippen molar-refractivity contribution in [3.8, 4) is 11.1 Å². The maximum Gasteiger partial charge on any atom is 0.269 e. The summed E-state index contributed by atoms with van der Waals surface area (Å²) in [6.45, 7) is 4.61. The molecule has 158 valence electrons. The first-order valence-electron chi connectivity index (χ1n) is 10.4. The Balaban J connectivity index is 0.000000154. The molecule has 0 spiro atoms. The van der Waals surface area contributed by atoms with E-state index in [4.69, 9.17) is 0 Å². The average molecular weight is 421 g/mol. The van der Waals surface area contributed by atoms with Crippen LogP contribution in [0.25, 0.3) is 11.1 Å².